The van der Waals surface area contributed by atoms with E-state index in [2.05, 4.69) is 36.6 Å². The second-order valence-corrected chi connectivity index (χ2v) is 8.66. The summed E-state index contributed by atoms with van der Waals surface area (Å²) in [6, 6.07) is 21.9. The van der Waals surface area contributed by atoms with E-state index in [9.17, 15) is 10.1 Å². The Morgan fingerprint density at radius 3 is 2.29 bits per heavy atom. The molecule has 0 aliphatic rings. The van der Waals surface area contributed by atoms with Crippen LogP contribution in [0, 0.1) is 11.3 Å². The van der Waals surface area contributed by atoms with Gasteiger partial charge in [0.05, 0.1) is 16.4 Å². The van der Waals surface area contributed by atoms with Gasteiger partial charge in [0.25, 0.3) is 5.91 Å². The molecular formula is C24H21N9OS. The second kappa shape index (κ2) is 10.5. The van der Waals surface area contributed by atoms with Crippen LogP contribution in [0.15, 0.2) is 71.8 Å². The minimum atomic E-state index is -0.454. The first-order chi connectivity index (χ1) is 16.9. The van der Waals surface area contributed by atoms with E-state index in [1.807, 2.05) is 43.3 Å². The van der Waals surface area contributed by atoms with Gasteiger partial charge in [0.1, 0.15) is 22.7 Å². The van der Waals surface area contributed by atoms with Crippen LogP contribution in [0.25, 0.3) is 0 Å². The lowest BCUT2D eigenvalue weighted by Gasteiger charge is -2.14. The molecule has 4 aromatic rings. The number of pyridine rings is 1. The molecule has 6 N–H and O–H groups in total. The van der Waals surface area contributed by atoms with E-state index < -0.39 is 5.91 Å². The minimum Gasteiger partial charge on any atom is -0.383 e. The molecule has 2 aromatic carbocycles. The third kappa shape index (κ3) is 5.82. The van der Waals surface area contributed by atoms with Crippen LogP contribution in [0.4, 0.5) is 29.1 Å². The summed E-state index contributed by atoms with van der Waals surface area (Å²) in [6.45, 7) is 1.85. The predicted octanol–water partition coefficient (Wildman–Crippen LogP) is 4.15. The zero-order chi connectivity index (χ0) is 24.8. The maximum atomic E-state index is 12.7. The van der Waals surface area contributed by atoms with Gasteiger partial charge in [0.2, 0.25) is 11.9 Å². The topological polar surface area (TPSA) is 169 Å². The third-order valence-electron chi connectivity index (χ3n) is 4.77. The van der Waals surface area contributed by atoms with Crippen molar-refractivity contribution in [2.24, 2.45) is 0 Å². The second-order valence-electron chi connectivity index (χ2n) is 7.33. The standard InChI is InChI=1S/C24H21N9OS/c1-14(20-31-23(27)33-24(32-20)29-17-10-6-3-7-11-17)35-22-15(13-25)12-18(19(26)30-22)21(34)28-16-8-4-2-5-9-16/h2-12,14H,1H3,(H2,26,30)(H,28,34)(H3,27,29,31,32,33). The fourth-order valence-corrected chi connectivity index (χ4v) is 4.03. The number of rotatable bonds is 7. The average Bonchev–Trinajstić information content (AvgIpc) is 2.85. The molecule has 174 valence electrons. The molecule has 0 bridgehead atoms. The molecule has 0 radical (unpaired) electrons. The predicted molar refractivity (Wildman–Crippen MR) is 136 cm³/mol. The number of nitriles is 1. The largest absolute Gasteiger partial charge is 0.383 e. The number of nitrogens with zero attached hydrogens (tertiary/aromatic N) is 5. The number of hydrogen-bond donors (Lipinski definition) is 4. The molecule has 1 unspecified atom stereocenters. The van der Waals surface area contributed by atoms with Crippen LogP contribution < -0.4 is 22.1 Å². The molecule has 0 fully saturated rings. The molecule has 0 aliphatic heterocycles. The molecule has 35 heavy (non-hydrogen) atoms. The number of para-hydroxylation sites is 2. The van der Waals surface area contributed by atoms with E-state index in [-0.39, 0.29) is 28.1 Å². The molecule has 0 spiro atoms. The molecule has 0 saturated heterocycles. The molecule has 0 saturated carbocycles. The Bertz CT molecular complexity index is 1390. The number of nitrogens with two attached hydrogens (primary N) is 2. The van der Waals surface area contributed by atoms with Gasteiger partial charge in [-0.3, -0.25) is 4.79 Å². The number of carbonyl (C=O) groups excluding carboxylic acids is 1. The molecule has 2 aromatic heterocycles. The summed E-state index contributed by atoms with van der Waals surface area (Å²) in [5, 5.41) is 15.5. The fraction of sp³-hybridized carbons (Fsp3) is 0.0833. The van der Waals surface area contributed by atoms with Crippen LogP contribution in [0.2, 0.25) is 0 Å². The summed E-state index contributed by atoms with van der Waals surface area (Å²) in [4.78, 5) is 29.8. The smallest absolute Gasteiger partial charge is 0.259 e. The number of anilines is 5. The van der Waals surface area contributed by atoms with E-state index >= 15 is 0 Å². The molecule has 1 amide bonds. The number of hydrogen-bond acceptors (Lipinski definition) is 10. The van der Waals surface area contributed by atoms with E-state index in [4.69, 9.17) is 11.5 Å². The zero-order valence-electron chi connectivity index (χ0n) is 18.6. The van der Waals surface area contributed by atoms with Crippen LogP contribution in [0.3, 0.4) is 0 Å². The van der Waals surface area contributed by atoms with Crippen molar-refractivity contribution in [3.05, 3.63) is 83.7 Å². The Morgan fingerprint density at radius 2 is 1.63 bits per heavy atom. The Hall–Kier alpha value is -4.69. The number of nitrogens with one attached hydrogen (secondary N) is 2. The lowest BCUT2D eigenvalue weighted by molar-refractivity contribution is 0.102. The minimum absolute atomic E-state index is 0.00808. The van der Waals surface area contributed by atoms with Gasteiger partial charge in [-0.05, 0) is 37.3 Å². The fourth-order valence-electron chi connectivity index (χ4n) is 3.10. The Kier molecular flexibility index (Phi) is 7.04. The van der Waals surface area contributed by atoms with Crippen molar-refractivity contribution < 1.29 is 4.79 Å². The Morgan fingerprint density at radius 1 is 0.971 bits per heavy atom. The molecule has 11 heteroatoms. The summed E-state index contributed by atoms with van der Waals surface area (Å²) in [5.41, 5.74) is 13.7. The third-order valence-corrected chi connectivity index (χ3v) is 5.86. The maximum Gasteiger partial charge on any atom is 0.259 e. The van der Waals surface area contributed by atoms with Crippen LogP contribution in [0.5, 0.6) is 0 Å². The van der Waals surface area contributed by atoms with Gasteiger partial charge in [-0.2, -0.15) is 20.2 Å². The van der Waals surface area contributed by atoms with Crippen molar-refractivity contribution >= 4 is 46.8 Å². The van der Waals surface area contributed by atoms with Crippen molar-refractivity contribution in [1.29, 1.82) is 5.26 Å². The first kappa shape index (κ1) is 23.5. The van der Waals surface area contributed by atoms with Gasteiger partial charge < -0.3 is 22.1 Å². The van der Waals surface area contributed by atoms with Crippen molar-refractivity contribution in [3.8, 4) is 6.07 Å². The van der Waals surface area contributed by atoms with Crippen LogP contribution in [-0.4, -0.2) is 25.8 Å². The molecule has 2 heterocycles. The molecule has 4 rings (SSSR count). The van der Waals surface area contributed by atoms with E-state index in [1.165, 1.54) is 17.8 Å². The molecule has 1 atom stereocenters. The summed E-state index contributed by atoms with van der Waals surface area (Å²) in [7, 11) is 0. The number of aromatic nitrogens is 4. The van der Waals surface area contributed by atoms with Gasteiger partial charge in [0, 0.05) is 11.4 Å². The van der Waals surface area contributed by atoms with Crippen LogP contribution in [-0.2, 0) is 0 Å². The van der Waals surface area contributed by atoms with Gasteiger partial charge in [-0.1, -0.05) is 48.2 Å². The Balaban J connectivity index is 1.55. The lowest BCUT2D eigenvalue weighted by Crippen LogP contribution is -2.16. The summed E-state index contributed by atoms with van der Waals surface area (Å²) < 4.78 is 0. The van der Waals surface area contributed by atoms with Gasteiger partial charge >= 0.3 is 0 Å². The number of carbonyl (C=O) groups is 1. The zero-order valence-corrected chi connectivity index (χ0v) is 19.5. The van der Waals surface area contributed by atoms with Gasteiger partial charge in [-0.25, -0.2) is 4.98 Å². The molecule has 0 aliphatic carbocycles. The highest BCUT2D eigenvalue weighted by atomic mass is 32.2. The summed E-state index contributed by atoms with van der Waals surface area (Å²) in [6.07, 6.45) is 0. The normalized spacial score (nSPS) is 11.3. The molecular weight excluding hydrogens is 462 g/mol. The highest BCUT2D eigenvalue weighted by Gasteiger charge is 2.20. The van der Waals surface area contributed by atoms with E-state index in [0.29, 0.717) is 22.5 Å². The van der Waals surface area contributed by atoms with Crippen LogP contribution >= 0.6 is 11.8 Å². The van der Waals surface area contributed by atoms with Crippen molar-refractivity contribution in [3.63, 3.8) is 0 Å². The number of thioether (sulfide) groups is 1. The maximum absolute atomic E-state index is 12.7. The summed E-state index contributed by atoms with van der Waals surface area (Å²) >= 11 is 1.23. The van der Waals surface area contributed by atoms with Crippen molar-refractivity contribution in [1.82, 2.24) is 19.9 Å². The first-order valence-electron chi connectivity index (χ1n) is 10.5. The summed E-state index contributed by atoms with van der Waals surface area (Å²) in [5.74, 6) is 0.308. The first-order valence-corrected chi connectivity index (χ1v) is 11.4. The SMILES string of the molecule is CC(Sc1nc(N)c(C(=O)Nc2ccccc2)cc1C#N)c1nc(N)nc(Nc2ccccc2)n1. The molecule has 10 nitrogen and oxygen atoms in total. The quantitative estimate of drug-likeness (QED) is 0.280. The monoisotopic (exact) mass is 483 g/mol. The number of amides is 1. The van der Waals surface area contributed by atoms with E-state index in [0.717, 1.165) is 5.69 Å². The number of nitrogen functional groups attached to an aromatic ring is 2. The highest BCUT2D eigenvalue weighted by molar-refractivity contribution is 7.99. The van der Waals surface area contributed by atoms with Gasteiger partial charge in [0.15, 0.2) is 0 Å². The lowest BCUT2D eigenvalue weighted by atomic mass is 10.2. The highest BCUT2D eigenvalue weighted by Crippen LogP contribution is 2.35. The number of benzene rings is 2. The van der Waals surface area contributed by atoms with E-state index in [1.54, 1.807) is 24.3 Å². The van der Waals surface area contributed by atoms with Crippen molar-refractivity contribution in [2.75, 3.05) is 22.1 Å². The van der Waals surface area contributed by atoms with Crippen molar-refractivity contribution in [2.45, 2.75) is 17.2 Å². The van der Waals surface area contributed by atoms with Crippen LogP contribution in [0.1, 0.15) is 33.9 Å². The van der Waals surface area contributed by atoms with Gasteiger partial charge in [-0.15, -0.1) is 0 Å². The average molecular weight is 484 g/mol. The Labute approximate surface area is 205 Å².